The first-order chi connectivity index (χ1) is 8.25. The van der Waals surface area contributed by atoms with Gasteiger partial charge in [-0.3, -0.25) is 14.5 Å². The number of carbonyl (C=O) groups excluding carboxylic acids is 2. The fourth-order valence-corrected chi connectivity index (χ4v) is 1.76. The maximum atomic E-state index is 11.9. The lowest BCUT2D eigenvalue weighted by Crippen LogP contribution is -2.29. The van der Waals surface area contributed by atoms with E-state index in [9.17, 15) is 9.59 Å². The normalized spacial score (nSPS) is 15.2. The lowest BCUT2D eigenvalue weighted by molar-refractivity contribution is 0.0672. The molecule has 0 unspecified atom stereocenters. The lowest BCUT2D eigenvalue weighted by Gasteiger charge is -2.09. The molecular weight excluding hydrogens is 214 g/mol. The van der Waals surface area contributed by atoms with E-state index in [1.54, 1.807) is 30.3 Å². The van der Waals surface area contributed by atoms with Crippen LogP contribution in [0.5, 0.6) is 0 Å². The molecule has 0 saturated carbocycles. The fraction of sp³-hybridized carbons (Fsp3) is 0.143. The summed E-state index contributed by atoms with van der Waals surface area (Å²) in [6, 6.07) is 6.91. The highest BCUT2D eigenvalue weighted by molar-refractivity contribution is 6.21. The Morgan fingerprint density at radius 3 is 2.18 bits per heavy atom. The fourth-order valence-electron chi connectivity index (χ4n) is 1.76. The zero-order valence-electron chi connectivity index (χ0n) is 9.59. The molecule has 0 aliphatic carbocycles. The molecule has 0 bridgehead atoms. The van der Waals surface area contributed by atoms with Gasteiger partial charge in [0.05, 0.1) is 11.1 Å². The molecule has 86 valence electrons. The van der Waals surface area contributed by atoms with Crippen molar-refractivity contribution in [2.75, 3.05) is 6.54 Å². The molecule has 0 spiro atoms. The van der Waals surface area contributed by atoms with Gasteiger partial charge in [0.15, 0.2) is 0 Å². The molecule has 3 heteroatoms. The van der Waals surface area contributed by atoms with Gasteiger partial charge in [-0.05, 0) is 19.1 Å². The molecule has 2 amide bonds. The predicted molar refractivity (Wildman–Crippen MR) is 65.8 cm³/mol. The molecule has 1 aliphatic rings. The second-order valence-corrected chi connectivity index (χ2v) is 3.72. The van der Waals surface area contributed by atoms with Crippen molar-refractivity contribution in [3.05, 3.63) is 59.7 Å². The summed E-state index contributed by atoms with van der Waals surface area (Å²) in [5.74, 6) is -0.425. The molecule has 0 aromatic heterocycles. The van der Waals surface area contributed by atoms with Crippen LogP contribution in [-0.4, -0.2) is 23.3 Å². The van der Waals surface area contributed by atoms with Crippen LogP contribution >= 0.6 is 0 Å². The molecule has 1 heterocycles. The van der Waals surface area contributed by atoms with Crippen LogP contribution in [-0.2, 0) is 0 Å². The summed E-state index contributed by atoms with van der Waals surface area (Å²) in [6.45, 7) is 2.23. The van der Waals surface area contributed by atoms with E-state index in [2.05, 4.69) is 0 Å². The van der Waals surface area contributed by atoms with Crippen molar-refractivity contribution in [3.8, 4) is 0 Å². The minimum atomic E-state index is -0.212. The van der Waals surface area contributed by atoms with Crippen molar-refractivity contribution in [1.82, 2.24) is 4.90 Å². The Morgan fingerprint density at radius 1 is 1.06 bits per heavy atom. The van der Waals surface area contributed by atoms with Gasteiger partial charge in [-0.1, -0.05) is 36.4 Å². The Labute approximate surface area is 100 Å². The van der Waals surface area contributed by atoms with E-state index >= 15 is 0 Å². The van der Waals surface area contributed by atoms with E-state index in [-0.39, 0.29) is 11.8 Å². The molecule has 3 nitrogen and oxygen atoms in total. The van der Waals surface area contributed by atoms with Gasteiger partial charge in [0, 0.05) is 6.54 Å². The summed E-state index contributed by atoms with van der Waals surface area (Å²) in [4.78, 5) is 25.1. The third-order valence-corrected chi connectivity index (χ3v) is 2.61. The number of rotatable bonds is 3. The third-order valence-electron chi connectivity index (χ3n) is 2.61. The van der Waals surface area contributed by atoms with Crippen LogP contribution in [0.3, 0.4) is 0 Å². The molecule has 1 aromatic carbocycles. The van der Waals surface area contributed by atoms with Crippen LogP contribution in [0.2, 0.25) is 0 Å². The first-order valence-electron chi connectivity index (χ1n) is 5.48. The van der Waals surface area contributed by atoms with Crippen LogP contribution in [0.25, 0.3) is 0 Å². The summed E-state index contributed by atoms with van der Waals surface area (Å²) >= 11 is 0. The van der Waals surface area contributed by atoms with Crippen LogP contribution in [0.15, 0.2) is 48.6 Å². The maximum Gasteiger partial charge on any atom is 0.261 e. The van der Waals surface area contributed by atoms with E-state index in [0.29, 0.717) is 17.7 Å². The summed E-state index contributed by atoms with van der Waals surface area (Å²) in [6.07, 6.45) is 7.36. The number of nitrogens with zero attached hydrogens (tertiary/aromatic N) is 1. The number of fused-ring (bicyclic) bond motifs is 1. The molecule has 2 rings (SSSR count). The molecule has 1 aliphatic heterocycles. The first-order valence-corrected chi connectivity index (χ1v) is 5.48. The van der Waals surface area contributed by atoms with Gasteiger partial charge in [-0.2, -0.15) is 0 Å². The highest BCUT2D eigenvalue weighted by atomic mass is 16.2. The topological polar surface area (TPSA) is 37.4 Å². The number of imide groups is 1. The summed E-state index contributed by atoms with van der Waals surface area (Å²) < 4.78 is 0. The van der Waals surface area contributed by atoms with Gasteiger partial charge in [0.2, 0.25) is 0 Å². The van der Waals surface area contributed by atoms with E-state index < -0.39 is 0 Å². The van der Waals surface area contributed by atoms with Crippen LogP contribution < -0.4 is 0 Å². The number of allylic oxidation sites excluding steroid dienone is 3. The second-order valence-electron chi connectivity index (χ2n) is 3.72. The number of hydrogen-bond acceptors (Lipinski definition) is 2. The number of carbonyl (C=O) groups is 2. The Morgan fingerprint density at radius 2 is 1.65 bits per heavy atom. The highest BCUT2D eigenvalue weighted by Crippen LogP contribution is 2.21. The smallest absolute Gasteiger partial charge is 0.261 e. The Kier molecular flexibility index (Phi) is 3.19. The third kappa shape index (κ3) is 2.04. The number of benzene rings is 1. The molecular formula is C14H13NO2. The molecule has 17 heavy (non-hydrogen) atoms. The zero-order valence-corrected chi connectivity index (χ0v) is 9.59. The molecule has 0 atom stereocenters. The van der Waals surface area contributed by atoms with E-state index in [4.69, 9.17) is 0 Å². The minimum absolute atomic E-state index is 0.212. The quantitative estimate of drug-likeness (QED) is 0.587. The number of hydrogen-bond donors (Lipinski definition) is 0. The second kappa shape index (κ2) is 4.78. The minimum Gasteiger partial charge on any atom is -0.270 e. The predicted octanol–water partition coefficient (Wildman–Crippen LogP) is 2.41. The van der Waals surface area contributed by atoms with Crippen molar-refractivity contribution < 1.29 is 9.59 Å². The molecule has 0 radical (unpaired) electrons. The van der Waals surface area contributed by atoms with Crippen molar-refractivity contribution in [2.45, 2.75) is 6.92 Å². The van der Waals surface area contributed by atoms with E-state index in [1.165, 1.54) is 4.90 Å². The van der Waals surface area contributed by atoms with Gasteiger partial charge in [0.1, 0.15) is 0 Å². The van der Waals surface area contributed by atoms with E-state index in [0.717, 1.165) is 0 Å². The molecule has 1 aromatic rings. The van der Waals surface area contributed by atoms with Crippen LogP contribution in [0, 0.1) is 0 Å². The summed E-state index contributed by atoms with van der Waals surface area (Å²) in [5, 5.41) is 0. The zero-order chi connectivity index (χ0) is 12.3. The Balaban J connectivity index is 2.19. The average molecular weight is 227 g/mol. The van der Waals surface area contributed by atoms with E-state index in [1.807, 2.05) is 25.2 Å². The van der Waals surface area contributed by atoms with Crippen molar-refractivity contribution in [3.63, 3.8) is 0 Å². The Bertz CT molecular complexity index is 480. The molecule has 0 fully saturated rings. The van der Waals surface area contributed by atoms with Gasteiger partial charge < -0.3 is 0 Å². The monoisotopic (exact) mass is 227 g/mol. The van der Waals surface area contributed by atoms with Crippen molar-refractivity contribution in [2.24, 2.45) is 0 Å². The average Bonchev–Trinajstić information content (AvgIpc) is 2.60. The lowest BCUT2D eigenvalue weighted by atomic mass is 10.1. The van der Waals surface area contributed by atoms with Crippen LogP contribution in [0.4, 0.5) is 0 Å². The first kappa shape index (κ1) is 11.3. The van der Waals surface area contributed by atoms with Gasteiger partial charge in [-0.15, -0.1) is 0 Å². The van der Waals surface area contributed by atoms with Crippen molar-refractivity contribution >= 4 is 11.8 Å². The molecule has 0 saturated heterocycles. The maximum absolute atomic E-state index is 11.9. The Hall–Kier alpha value is -2.16. The van der Waals surface area contributed by atoms with Gasteiger partial charge in [-0.25, -0.2) is 0 Å². The van der Waals surface area contributed by atoms with Crippen molar-refractivity contribution in [1.29, 1.82) is 0 Å². The van der Waals surface area contributed by atoms with Crippen LogP contribution in [0.1, 0.15) is 27.6 Å². The highest BCUT2D eigenvalue weighted by Gasteiger charge is 2.33. The molecule has 0 N–H and O–H groups in total. The summed E-state index contributed by atoms with van der Waals surface area (Å²) in [7, 11) is 0. The summed E-state index contributed by atoms with van der Waals surface area (Å²) in [5.41, 5.74) is 0.994. The SMILES string of the molecule is C/C=C/C=C/CN1C(=O)c2ccccc2C1=O. The standard InChI is InChI=1S/C14H13NO2/c1-2-3-4-7-10-15-13(16)11-8-5-6-9-12(11)14(15)17/h2-9H,10H2,1H3/b3-2+,7-4+. The number of amides is 2. The van der Waals surface area contributed by atoms with Gasteiger partial charge in [0.25, 0.3) is 11.8 Å². The van der Waals surface area contributed by atoms with Gasteiger partial charge >= 0.3 is 0 Å². The largest absolute Gasteiger partial charge is 0.270 e.